The standard InChI is InChI=1S/C18H26N2O4S/c1-18(2,3)24-17(22)20-10-14(9-15(20)16(19)21)25-11-12-5-7-13(23-4)8-6-12/h5-8,14-15H,9-11H2,1-4H3,(H2,19,21). The monoisotopic (exact) mass is 366 g/mol. The van der Waals surface area contributed by atoms with Crippen LogP contribution >= 0.6 is 11.8 Å². The van der Waals surface area contributed by atoms with Crippen LogP contribution in [0.5, 0.6) is 5.75 Å². The Bertz CT molecular complexity index is 612. The first kappa shape index (κ1) is 19.4. The second-order valence-corrected chi connectivity index (χ2v) is 8.36. The molecule has 0 aliphatic carbocycles. The van der Waals surface area contributed by atoms with Crippen molar-refractivity contribution >= 4 is 23.8 Å². The van der Waals surface area contributed by atoms with Gasteiger partial charge in [-0.3, -0.25) is 9.69 Å². The molecule has 2 atom stereocenters. The van der Waals surface area contributed by atoms with E-state index in [1.54, 1.807) is 39.6 Å². The van der Waals surface area contributed by atoms with Gasteiger partial charge in [0.05, 0.1) is 7.11 Å². The minimum absolute atomic E-state index is 0.145. The zero-order chi connectivity index (χ0) is 18.6. The molecule has 0 spiro atoms. The lowest BCUT2D eigenvalue weighted by Gasteiger charge is -2.27. The highest BCUT2D eigenvalue weighted by Gasteiger charge is 2.40. The molecule has 2 amide bonds. The van der Waals surface area contributed by atoms with Crippen LogP contribution in [-0.2, 0) is 15.3 Å². The molecule has 0 aromatic heterocycles. The van der Waals surface area contributed by atoms with Crippen molar-refractivity contribution in [2.75, 3.05) is 13.7 Å². The van der Waals surface area contributed by atoms with Gasteiger partial charge < -0.3 is 15.2 Å². The number of rotatable bonds is 5. The predicted octanol–water partition coefficient (Wildman–Crippen LogP) is 2.79. The van der Waals surface area contributed by atoms with E-state index in [4.69, 9.17) is 15.2 Å². The fourth-order valence-corrected chi connectivity index (χ4v) is 3.85. The van der Waals surface area contributed by atoms with E-state index in [1.165, 1.54) is 4.90 Å². The van der Waals surface area contributed by atoms with Crippen molar-refractivity contribution in [2.24, 2.45) is 5.73 Å². The molecular formula is C18H26N2O4S. The average molecular weight is 366 g/mol. The smallest absolute Gasteiger partial charge is 0.411 e. The number of primary amides is 1. The van der Waals surface area contributed by atoms with Gasteiger partial charge in [-0.05, 0) is 44.9 Å². The summed E-state index contributed by atoms with van der Waals surface area (Å²) < 4.78 is 10.5. The second-order valence-electron chi connectivity index (χ2n) is 7.07. The molecule has 1 aromatic rings. The van der Waals surface area contributed by atoms with Crippen LogP contribution in [0.1, 0.15) is 32.8 Å². The third-order valence-electron chi connectivity index (χ3n) is 3.86. The van der Waals surface area contributed by atoms with Crippen LogP contribution in [0.25, 0.3) is 0 Å². The van der Waals surface area contributed by atoms with E-state index < -0.39 is 23.6 Å². The zero-order valence-corrected chi connectivity index (χ0v) is 16.0. The van der Waals surface area contributed by atoms with Crippen LogP contribution in [0.3, 0.4) is 0 Å². The van der Waals surface area contributed by atoms with Crippen molar-refractivity contribution in [3.05, 3.63) is 29.8 Å². The Morgan fingerprint density at radius 1 is 1.28 bits per heavy atom. The summed E-state index contributed by atoms with van der Waals surface area (Å²) in [7, 11) is 1.64. The van der Waals surface area contributed by atoms with Crippen molar-refractivity contribution in [3.63, 3.8) is 0 Å². The summed E-state index contributed by atoms with van der Waals surface area (Å²) in [6.45, 7) is 5.87. The van der Waals surface area contributed by atoms with Gasteiger partial charge in [-0.1, -0.05) is 12.1 Å². The van der Waals surface area contributed by atoms with E-state index in [1.807, 2.05) is 24.3 Å². The number of thioether (sulfide) groups is 1. The minimum atomic E-state index is -0.608. The van der Waals surface area contributed by atoms with E-state index in [-0.39, 0.29) is 5.25 Å². The molecule has 1 fully saturated rings. The molecule has 1 aromatic carbocycles. The molecule has 1 saturated heterocycles. The van der Waals surface area contributed by atoms with Crippen LogP contribution in [0.4, 0.5) is 4.79 Å². The molecule has 0 bridgehead atoms. The normalized spacial score (nSPS) is 20.4. The Hall–Kier alpha value is -1.89. The number of benzene rings is 1. The number of methoxy groups -OCH3 is 1. The van der Waals surface area contributed by atoms with E-state index in [0.717, 1.165) is 17.1 Å². The largest absolute Gasteiger partial charge is 0.497 e. The summed E-state index contributed by atoms with van der Waals surface area (Å²) in [5.74, 6) is 1.13. The zero-order valence-electron chi connectivity index (χ0n) is 15.2. The Morgan fingerprint density at radius 2 is 1.92 bits per heavy atom. The number of ether oxygens (including phenoxy) is 2. The number of nitrogens with zero attached hydrogens (tertiary/aromatic N) is 1. The predicted molar refractivity (Wildman–Crippen MR) is 98.6 cm³/mol. The SMILES string of the molecule is COc1ccc(CSC2CC(C(N)=O)N(C(=O)OC(C)(C)C)C2)cc1. The molecule has 2 N–H and O–H groups in total. The third-order valence-corrected chi connectivity index (χ3v) is 5.18. The number of amides is 2. The summed E-state index contributed by atoms with van der Waals surface area (Å²) in [6, 6.07) is 7.26. The van der Waals surface area contributed by atoms with Gasteiger partial charge in [0.15, 0.2) is 0 Å². The number of carbonyl (C=O) groups excluding carboxylic acids is 2. The maximum atomic E-state index is 12.3. The summed E-state index contributed by atoms with van der Waals surface area (Å²) in [5, 5.41) is 0.145. The molecule has 7 heteroatoms. The minimum Gasteiger partial charge on any atom is -0.497 e. The van der Waals surface area contributed by atoms with Crippen molar-refractivity contribution in [1.29, 1.82) is 0 Å². The number of likely N-dealkylation sites (tertiary alicyclic amines) is 1. The molecule has 25 heavy (non-hydrogen) atoms. The van der Waals surface area contributed by atoms with Gasteiger partial charge >= 0.3 is 6.09 Å². The fraction of sp³-hybridized carbons (Fsp3) is 0.556. The molecular weight excluding hydrogens is 340 g/mol. The van der Waals surface area contributed by atoms with Gasteiger partial charge in [0.2, 0.25) is 5.91 Å². The maximum absolute atomic E-state index is 12.3. The molecule has 1 heterocycles. The lowest BCUT2D eigenvalue weighted by Crippen LogP contribution is -2.45. The van der Waals surface area contributed by atoms with E-state index >= 15 is 0 Å². The highest BCUT2D eigenvalue weighted by Crippen LogP contribution is 2.31. The number of nitrogens with two attached hydrogens (primary N) is 1. The Morgan fingerprint density at radius 3 is 2.44 bits per heavy atom. The topological polar surface area (TPSA) is 81.9 Å². The average Bonchev–Trinajstić information content (AvgIpc) is 2.96. The molecule has 2 unspecified atom stereocenters. The second kappa shape index (κ2) is 7.99. The van der Waals surface area contributed by atoms with Gasteiger partial charge in [0.1, 0.15) is 17.4 Å². The van der Waals surface area contributed by atoms with Gasteiger partial charge in [-0.25, -0.2) is 4.79 Å². The fourth-order valence-electron chi connectivity index (χ4n) is 2.65. The van der Waals surface area contributed by atoms with Gasteiger partial charge in [-0.15, -0.1) is 0 Å². The lowest BCUT2D eigenvalue weighted by atomic mass is 10.2. The molecule has 2 rings (SSSR count). The summed E-state index contributed by atoms with van der Waals surface area (Å²) >= 11 is 1.71. The van der Waals surface area contributed by atoms with Gasteiger partial charge in [0.25, 0.3) is 0 Å². The first-order valence-corrected chi connectivity index (χ1v) is 9.28. The molecule has 1 aliphatic rings. The molecule has 6 nitrogen and oxygen atoms in total. The maximum Gasteiger partial charge on any atom is 0.411 e. The van der Waals surface area contributed by atoms with Crippen molar-refractivity contribution in [1.82, 2.24) is 4.90 Å². The molecule has 1 aliphatic heterocycles. The van der Waals surface area contributed by atoms with Crippen LogP contribution < -0.4 is 10.5 Å². The summed E-state index contributed by atoms with van der Waals surface area (Å²) in [6.07, 6.45) is 0.0684. The van der Waals surface area contributed by atoms with E-state index in [0.29, 0.717) is 13.0 Å². The third kappa shape index (κ3) is 5.56. The van der Waals surface area contributed by atoms with Crippen LogP contribution in [0.2, 0.25) is 0 Å². The van der Waals surface area contributed by atoms with Crippen LogP contribution in [-0.4, -0.2) is 47.4 Å². The lowest BCUT2D eigenvalue weighted by molar-refractivity contribution is -0.122. The first-order valence-electron chi connectivity index (χ1n) is 8.23. The number of carbonyl (C=O) groups is 2. The highest BCUT2D eigenvalue weighted by molar-refractivity contribution is 7.99. The Balaban J connectivity index is 1.96. The van der Waals surface area contributed by atoms with Crippen molar-refractivity contribution in [2.45, 2.75) is 49.8 Å². The Kier molecular flexibility index (Phi) is 6.21. The van der Waals surface area contributed by atoms with Crippen molar-refractivity contribution < 1.29 is 19.1 Å². The number of hydrogen-bond acceptors (Lipinski definition) is 5. The first-order chi connectivity index (χ1) is 11.7. The highest BCUT2D eigenvalue weighted by atomic mass is 32.2. The van der Waals surface area contributed by atoms with E-state index in [2.05, 4.69) is 0 Å². The van der Waals surface area contributed by atoms with Gasteiger partial charge in [-0.2, -0.15) is 11.8 Å². The quantitative estimate of drug-likeness (QED) is 0.866. The van der Waals surface area contributed by atoms with Crippen LogP contribution in [0.15, 0.2) is 24.3 Å². The van der Waals surface area contributed by atoms with E-state index in [9.17, 15) is 9.59 Å². The van der Waals surface area contributed by atoms with Gasteiger partial charge in [0, 0.05) is 17.5 Å². The Labute approximate surface area is 153 Å². The molecule has 138 valence electrons. The number of hydrogen-bond donors (Lipinski definition) is 1. The summed E-state index contributed by atoms with van der Waals surface area (Å²) in [4.78, 5) is 25.5. The van der Waals surface area contributed by atoms with Crippen molar-refractivity contribution in [3.8, 4) is 5.75 Å². The van der Waals surface area contributed by atoms with Crippen LogP contribution in [0, 0.1) is 0 Å². The summed E-state index contributed by atoms with van der Waals surface area (Å²) in [5.41, 5.74) is 6.04. The molecule has 0 radical (unpaired) electrons. The molecule has 0 saturated carbocycles.